The van der Waals surface area contributed by atoms with Gasteiger partial charge in [0.05, 0.1) is 6.04 Å². The third kappa shape index (κ3) is 4.19. The van der Waals surface area contributed by atoms with E-state index in [1.165, 1.54) is 44.9 Å². The van der Waals surface area contributed by atoms with Gasteiger partial charge in [-0.25, -0.2) is 0 Å². The van der Waals surface area contributed by atoms with Crippen LogP contribution in [0.5, 0.6) is 0 Å². The van der Waals surface area contributed by atoms with Gasteiger partial charge in [0, 0.05) is 31.7 Å². The summed E-state index contributed by atoms with van der Waals surface area (Å²) < 4.78 is 0. The van der Waals surface area contributed by atoms with E-state index in [0.717, 1.165) is 32.6 Å². The van der Waals surface area contributed by atoms with Gasteiger partial charge in [-0.15, -0.1) is 0 Å². The lowest BCUT2D eigenvalue weighted by molar-refractivity contribution is -0.130. The van der Waals surface area contributed by atoms with Crippen molar-refractivity contribution in [1.29, 1.82) is 0 Å². The van der Waals surface area contributed by atoms with E-state index in [-0.39, 0.29) is 17.5 Å². The average molecular weight is 295 g/mol. The van der Waals surface area contributed by atoms with Gasteiger partial charge >= 0.3 is 0 Å². The summed E-state index contributed by atoms with van der Waals surface area (Å²) in [6, 6.07) is 0.00632. The van der Waals surface area contributed by atoms with Gasteiger partial charge in [0.15, 0.2) is 0 Å². The molecule has 2 fully saturated rings. The van der Waals surface area contributed by atoms with Crippen LogP contribution in [-0.2, 0) is 4.79 Å². The number of rotatable bonds is 6. The summed E-state index contributed by atoms with van der Waals surface area (Å²) in [6.45, 7) is 8.18. The molecule has 0 bridgehead atoms. The molecular weight excluding hydrogens is 262 g/mol. The van der Waals surface area contributed by atoms with Crippen LogP contribution in [-0.4, -0.2) is 48.6 Å². The highest BCUT2D eigenvalue weighted by Crippen LogP contribution is 2.35. The highest BCUT2D eigenvalue weighted by Gasteiger charge is 2.43. The molecule has 0 aromatic heterocycles. The van der Waals surface area contributed by atoms with E-state index in [0.29, 0.717) is 0 Å². The molecule has 1 amide bonds. The molecule has 1 atom stereocenters. The van der Waals surface area contributed by atoms with Gasteiger partial charge in [-0.1, -0.05) is 39.0 Å². The normalized spacial score (nSPS) is 23.9. The highest BCUT2D eigenvalue weighted by atomic mass is 16.2. The minimum atomic E-state index is 0.00632. The molecule has 1 unspecified atom stereocenters. The van der Waals surface area contributed by atoms with Crippen molar-refractivity contribution in [2.24, 2.45) is 0 Å². The first-order valence-corrected chi connectivity index (χ1v) is 8.95. The molecule has 2 rings (SSSR count). The van der Waals surface area contributed by atoms with Crippen LogP contribution >= 0.6 is 0 Å². The molecule has 1 aliphatic heterocycles. The Kier molecular flexibility index (Phi) is 6.49. The van der Waals surface area contributed by atoms with Crippen LogP contribution in [0.3, 0.4) is 0 Å². The number of piperazine rings is 1. The predicted molar refractivity (Wildman–Crippen MR) is 87.4 cm³/mol. The minimum Gasteiger partial charge on any atom is -0.355 e. The molecule has 4 heteroatoms. The second-order valence-electron chi connectivity index (χ2n) is 6.83. The van der Waals surface area contributed by atoms with Gasteiger partial charge in [0.1, 0.15) is 0 Å². The van der Waals surface area contributed by atoms with E-state index in [2.05, 4.69) is 29.4 Å². The lowest BCUT2D eigenvalue weighted by Crippen LogP contribution is -2.66. The standard InChI is InChI=1S/C17H33N3O/c1-3-4-8-11-19-16(21)15(2)20-13-12-18-14-17(20)9-6-5-7-10-17/h15,18H,3-14H2,1-2H3,(H,19,21). The number of hydrogen-bond acceptors (Lipinski definition) is 3. The zero-order valence-corrected chi connectivity index (χ0v) is 13.9. The third-order valence-electron chi connectivity index (χ3n) is 5.30. The quantitative estimate of drug-likeness (QED) is 0.739. The van der Waals surface area contributed by atoms with Crippen LogP contribution in [0.4, 0.5) is 0 Å². The van der Waals surface area contributed by atoms with Crippen molar-refractivity contribution in [2.45, 2.75) is 76.8 Å². The van der Waals surface area contributed by atoms with Crippen molar-refractivity contribution in [3.05, 3.63) is 0 Å². The Bertz CT molecular complexity index is 318. The van der Waals surface area contributed by atoms with Gasteiger partial charge in [-0.2, -0.15) is 0 Å². The second kappa shape index (κ2) is 8.14. The molecule has 122 valence electrons. The molecule has 2 aliphatic rings. The minimum absolute atomic E-state index is 0.00632. The Balaban J connectivity index is 1.91. The smallest absolute Gasteiger partial charge is 0.237 e. The summed E-state index contributed by atoms with van der Waals surface area (Å²) in [5.74, 6) is 0.220. The first-order valence-electron chi connectivity index (χ1n) is 8.95. The summed E-state index contributed by atoms with van der Waals surface area (Å²) in [7, 11) is 0. The van der Waals surface area contributed by atoms with E-state index in [9.17, 15) is 4.79 Å². The lowest BCUT2D eigenvalue weighted by atomic mass is 9.78. The first-order chi connectivity index (χ1) is 10.2. The van der Waals surface area contributed by atoms with Gasteiger partial charge < -0.3 is 10.6 Å². The molecule has 2 N–H and O–H groups in total. The maximum atomic E-state index is 12.5. The summed E-state index contributed by atoms with van der Waals surface area (Å²) in [5, 5.41) is 6.69. The van der Waals surface area contributed by atoms with Gasteiger partial charge in [-0.3, -0.25) is 9.69 Å². The van der Waals surface area contributed by atoms with Crippen LogP contribution in [0.1, 0.15) is 65.2 Å². The van der Waals surface area contributed by atoms with E-state index in [1.807, 2.05) is 0 Å². The fourth-order valence-corrected chi connectivity index (χ4v) is 4.01. The monoisotopic (exact) mass is 295 g/mol. The van der Waals surface area contributed by atoms with Crippen molar-refractivity contribution < 1.29 is 4.79 Å². The molecule has 1 heterocycles. The number of nitrogens with one attached hydrogen (secondary N) is 2. The van der Waals surface area contributed by atoms with Crippen molar-refractivity contribution in [3.8, 4) is 0 Å². The molecule has 0 aromatic rings. The molecule has 0 radical (unpaired) electrons. The number of amides is 1. The zero-order chi connectivity index (χ0) is 15.1. The van der Waals surface area contributed by atoms with Crippen molar-refractivity contribution in [2.75, 3.05) is 26.2 Å². The average Bonchev–Trinajstić information content (AvgIpc) is 2.52. The van der Waals surface area contributed by atoms with E-state index in [1.54, 1.807) is 0 Å². The molecular formula is C17H33N3O. The molecule has 1 saturated heterocycles. The molecule has 4 nitrogen and oxygen atoms in total. The van der Waals surface area contributed by atoms with Crippen LogP contribution < -0.4 is 10.6 Å². The molecule has 1 saturated carbocycles. The zero-order valence-electron chi connectivity index (χ0n) is 13.9. The summed E-state index contributed by atoms with van der Waals surface area (Å²) >= 11 is 0. The first kappa shape index (κ1) is 16.8. The van der Waals surface area contributed by atoms with Crippen LogP contribution in [0.2, 0.25) is 0 Å². The largest absolute Gasteiger partial charge is 0.355 e. The maximum absolute atomic E-state index is 12.5. The summed E-state index contributed by atoms with van der Waals surface area (Å²) in [6.07, 6.45) is 9.96. The Morgan fingerprint density at radius 3 is 2.76 bits per heavy atom. The molecule has 21 heavy (non-hydrogen) atoms. The van der Waals surface area contributed by atoms with Crippen molar-refractivity contribution in [1.82, 2.24) is 15.5 Å². The highest BCUT2D eigenvalue weighted by molar-refractivity contribution is 5.81. The lowest BCUT2D eigenvalue weighted by Gasteiger charge is -2.51. The van der Waals surface area contributed by atoms with Crippen molar-refractivity contribution >= 4 is 5.91 Å². The van der Waals surface area contributed by atoms with Crippen LogP contribution in [0, 0.1) is 0 Å². The summed E-state index contributed by atoms with van der Waals surface area (Å²) in [4.78, 5) is 15.0. The number of carbonyl (C=O) groups excluding carboxylic acids is 1. The Morgan fingerprint density at radius 1 is 1.29 bits per heavy atom. The Labute approximate surface area is 130 Å². The fraction of sp³-hybridized carbons (Fsp3) is 0.941. The van der Waals surface area contributed by atoms with E-state index < -0.39 is 0 Å². The van der Waals surface area contributed by atoms with Crippen LogP contribution in [0.25, 0.3) is 0 Å². The van der Waals surface area contributed by atoms with Crippen LogP contribution in [0.15, 0.2) is 0 Å². The molecule has 1 spiro atoms. The Morgan fingerprint density at radius 2 is 2.05 bits per heavy atom. The number of unbranched alkanes of at least 4 members (excludes halogenated alkanes) is 2. The number of hydrogen-bond donors (Lipinski definition) is 2. The SMILES string of the molecule is CCCCCNC(=O)C(C)N1CCNCC12CCCCC2. The number of carbonyl (C=O) groups is 1. The maximum Gasteiger partial charge on any atom is 0.237 e. The molecule has 1 aliphatic carbocycles. The fourth-order valence-electron chi connectivity index (χ4n) is 4.01. The van der Waals surface area contributed by atoms with Gasteiger partial charge in [0.2, 0.25) is 5.91 Å². The van der Waals surface area contributed by atoms with Crippen molar-refractivity contribution in [3.63, 3.8) is 0 Å². The third-order valence-corrected chi connectivity index (χ3v) is 5.30. The van der Waals surface area contributed by atoms with Gasteiger partial charge in [-0.05, 0) is 26.2 Å². The number of nitrogens with zero attached hydrogens (tertiary/aromatic N) is 1. The van der Waals surface area contributed by atoms with Gasteiger partial charge in [0.25, 0.3) is 0 Å². The molecule has 0 aromatic carbocycles. The predicted octanol–water partition coefficient (Wildman–Crippen LogP) is 2.29. The summed E-state index contributed by atoms with van der Waals surface area (Å²) in [5.41, 5.74) is 0.233. The topological polar surface area (TPSA) is 44.4 Å². The Hall–Kier alpha value is -0.610. The van der Waals surface area contributed by atoms with E-state index in [4.69, 9.17) is 0 Å². The van der Waals surface area contributed by atoms with E-state index >= 15 is 0 Å². The second-order valence-corrected chi connectivity index (χ2v) is 6.83.